The van der Waals surface area contributed by atoms with Crippen molar-refractivity contribution in [3.05, 3.63) is 58.2 Å². The van der Waals surface area contributed by atoms with Crippen LogP contribution in [0.5, 0.6) is 11.5 Å². The van der Waals surface area contributed by atoms with Crippen LogP contribution in [0, 0.1) is 5.82 Å². The quantitative estimate of drug-likeness (QED) is 0.471. The highest BCUT2D eigenvalue weighted by Gasteiger charge is 2.09. The van der Waals surface area contributed by atoms with Crippen LogP contribution in [0.4, 0.5) is 9.52 Å². The van der Waals surface area contributed by atoms with Gasteiger partial charge in [-0.2, -0.15) is 5.10 Å². The molecule has 3 aromatic rings. The normalized spacial score (nSPS) is 10.9. The molecule has 0 spiro atoms. The number of hydrogen-bond acceptors (Lipinski definition) is 6. The number of nitrogens with one attached hydrogen (secondary N) is 1. The second-order valence-corrected chi connectivity index (χ2v) is 6.38. The number of rotatable bonds is 6. The maximum Gasteiger partial charge on any atom is 0.203 e. The third-order valence-electron chi connectivity index (χ3n) is 3.54. The Hall–Kier alpha value is -2.64. The molecule has 0 amide bonds. The molecule has 8 heteroatoms. The first-order valence-electron chi connectivity index (χ1n) is 7.53. The third-order valence-corrected chi connectivity index (χ3v) is 4.61. The van der Waals surface area contributed by atoms with Gasteiger partial charge in [-0.3, -0.25) is 5.43 Å². The average molecular weight is 392 g/mol. The van der Waals surface area contributed by atoms with Crippen LogP contribution in [0.25, 0.3) is 11.3 Å². The summed E-state index contributed by atoms with van der Waals surface area (Å²) in [4.78, 5) is 4.46. The Kier molecular flexibility index (Phi) is 5.70. The molecule has 0 radical (unpaired) electrons. The summed E-state index contributed by atoms with van der Waals surface area (Å²) in [5, 5.41) is 6.75. The second kappa shape index (κ2) is 8.16. The zero-order chi connectivity index (χ0) is 18.5. The third kappa shape index (κ3) is 3.95. The number of aromatic nitrogens is 1. The van der Waals surface area contributed by atoms with Crippen LogP contribution in [0.15, 0.2) is 46.9 Å². The van der Waals surface area contributed by atoms with Gasteiger partial charge in [0, 0.05) is 16.5 Å². The number of hydrazone groups is 1. The molecule has 3 rings (SSSR count). The molecule has 0 fully saturated rings. The summed E-state index contributed by atoms with van der Waals surface area (Å²) < 4.78 is 24.2. The van der Waals surface area contributed by atoms with Crippen LogP contribution in [-0.2, 0) is 0 Å². The zero-order valence-electron chi connectivity index (χ0n) is 14.0. The summed E-state index contributed by atoms with van der Waals surface area (Å²) in [7, 11) is 3.17. The monoisotopic (exact) mass is 391 g/mol. The van der Waals surface area contributed by atoms with E-state index in [4.69, 9.17) is 21.1 Å². The van der Waals surface area contributed by atoms with Gasteiger partial charge < -0.3 is 9.47 Å². The highest BCUT2D eigenvalue weighted by molar-refractivity contribution is 7.14. The van der Waals surface area contributed by atoms with Gasteiger partial charge in [-0.1, -0.05) is 17.7 Å². The summed E-state index contributed by atoms with van der Waals surface area (Å²) in [6.45, 7) is 0. The van der Waals surface area contributed by atoms with E-state index in [1.54, 1.807) is 26.4 Å². The van der Waals surface area contributed by atoms with E-state index in [0.717, 1.165) is 11.3 Å². The molecule has 26 heavy (non-hydrogen) atoms. The van der Waals surface area contributed by atoms with Gasteiger partial charge in [-0.15, -0.1) is 11.3 Å². The molecule has 134 valence electrons. The summed E-state index contributed by atoms with van der Waals surface area (Å²) in [6.07, 6.45) is 1.33. The highest BCUT2D eigenvalue weighted by atomic mass is 35.5. The lowest BCUT2D eigenvalue weighted by atomic mass is 10.1. The lowest BCUT2D eigenvalue weighted by Gasteiger charge is -2.08. The Labute approximate surface area is 159 Å². The molecule has 1 heterocycles. The fourth-order valence-corrected chi connectivity index (χ4v) is 3.12. The second-order valence-electron chi connectivity index (χ2n) is 5.11. The molecule has 0 atom stereocenters. The van der Waals surface area contributed by atoms with E-state index in [-0.39, 0.29) is 5.56 Å². The Morgan fingerprint density at radius 2 is 2.00 bits per heavy atom. The van der Waals surface area contributed by atoms with E-state index in [2.05, 4.69) is 15.5 Å². The lowest BCUT2D eigenvalue weighted by Crippen LogP contribution is -1.94. The Morgan fingerprint density at radius 1 is 1.19 bits per heavy atom. The van der Waals surface area contributed by atoms with Crippen molar-refractivity contribution in [3.8, 4) is 22.8 Å². The lowest BCUT2D eigenvalue weighted by molar-refractivity contribution is 0.355. The van der Waals surface area contributed by atoms with E-state index >= 15 is 0 Å². The summed E-state index contributed by atoms with van der Waals surface area (Å²) >= 11 is 7.33. The van der Waals surface area contributed by atoms with E-state index in [0.29, 0.717) is 21.7 Å². The fourth-order valence-electron chi connectivity index (χ4n) is 2.24. The molecule has 2 aromatic carbocycles. The van der Waals surface area contributed by atoms with E-state index < -0.39 is 5.82 Å². The predicted octanol–water partition coefficient (Wildman–Crippen LogP) is 5.07. The number of ether oxygens (including phenoxy) is 2. The van der Waals surface area contributed by atoms with Crippen molar-refractivity contribution in [2.75, 3.05) is 19.6 Å². The van der Waals surface area contributed by atoms with Gasteiger partial charge in [0.25, 0.3) is 0 Å². The molecule has 0 aliphatic rings. The summed E-state index contributed by atoms with van der Waals surface area (Å²) in [5.74, 6) is 0.837. The number of nitrogens with zero attached hydrogens (tertiary/aromatic N) is 2. The van der Waals surface area contributed by atoms with E-state index in [9.17, 15) is 4.39 Å². The smallest absolute Gasteiger partial charge is 0.203 e. The van der Waals surface area contributed by atoms with Crippen LogP contribution in [-0.4, -0.2) is 25.4 Å². The topological polar surface area (TPSA) is 55.7 Å². The molecule has 0 bridgehead atoms. The standard InChI is InChI=1S/C18H15ClFN3O2S/c1-24-16-7-6-11(8-17(16)25-2)15-10-26-18(22-15)23-21-9-12-13(19)4-3-5-14(12)20/h3-10H,1-2H3,(H,22,23)/b21-9-. The van der Waals surface area contributed by atoms with Gasteiger partial charge >= 0.3 is 0 Å². The van der Waals surface area contributed by atoms with Gasteiger partial charge in [0.1, 0.15) is 5.82 Å². The molecule has 5 nitrogen and oxygen atoms in total. The number of benzene rings is 2. The number of thiazole rings is 1. The van der Waals surface area contributed by atoms with Crippen molar-refractivity contribution in [3.63, 3.8) is 0 Å². The SMILES string of the molecule is COc1ccc(-c2csc(N/N=C\c3c(F)cccc3Cl)n2)cc1OC. The predicted molar refractivity (Wildman–Crippen MR) is 103 cm³/mol. The Morgan fingerprint density at radius 3 is 2.73 bits per heavy atom. The molecule has 0 unspecified atom stereocenters. The first-order valence-corrected chi connectivity index (χ1v) is 8.79. The van der Waals surface area contributed by atoms with Gasteiger partial charge in [-0.25, -0.2) is 9.37 Å². The van der Waals surface area contributed by atoms with Crippen LogP contribution >= 0.6 is 22.9 Å². The molecule has 0 aliphatic carbocycles. The number of halogens is 2. The summed E-state index contributed by atoms with van der Waals surface area (Å²) in [6, 6.07) is 10.0. The van der Waals surface area contributed by atoms with Crippen molar-refractivity contribution < 1.29 is 13.9 Å². The molecule has 0 saturated heterocycles. The first kappa shape index (κ1) is 18.2. The van der Waals surface area contributed by atoms with Crippen molar-refractivity contribution in [1.29, 1.82) is 0 Å². The van der Waals surface area contributed by atoms with Crippen LogP contribution in [0.3, 0.4) is 0 Å². The first-order chi connectivity index (χ1) is 12.6. The zero-order valence-corrected chi connectivity index (χ0v) is 15.6. The maximum absolute atomic E-state index is 13.7. The van der Waals surface area contributed by atoms with Crippen LogP contribution in [0.1, 0.15) is 5.56 Å². The van der Waals surface area contributed by atoms with Crippen LogP contribution < -0.4 is 14.9 Å². The number of hydrogen-bond donors (Lipinski definition) is 1. The number of anilines is 1. The van der Waals surface area contributed by atoms with Crippen molar-refractivity contribution in [2.24, 2.45) is 5.10 Å². The molecular weight excluding hydrogens is 377 g/mol. The molecule has 0 saturated carbocycles. The van der Waals surface area contributed by atoms with Crippen molar-refractivity contribution in [2.45, 2.75) is 0 Å². The van der Waals surface area contributed by atoms with E-state index in [1.165, 1.54) is 23.6 Å². The van der Waals surface area contributed by atoms with Crippen molar-refractivity contribution in [1.82, 2.24) is 4.98 Å². The minimum Gasteiger partial charge on any atom is -0.493 e. The fraction of sp³-hybridized carbons (Fsp3) is 0.111. The minimum atomic E-state index is -0.437. The van der Waals surface area contributed by atoms with Gasteiger partial charge in [0.15, 0.2) is 11.5 Å². The maximum atomic E-state index is 13.7. The Bertz CT molecular complexity index is 926. The largest absolute Gasteiger partial charge is 0.493 e. The minimum absolute atomic E-state index is 0.221. The molecular formula is C18H15ClFN3O2S. The van der Waals surface area contributed by atoms with Gasteiger partial charge in [0.05, 0.1) is 31.2 Å². The summed E-state index contributed by atoms with van der Waals surface area (Å²) in [5.41, 5.74) is 4.65. The molecule has 1 N–H and O–H groups in total. The van der Waals surface area contributed by atoms with E-state index in [1.807, 2.05) is 23.6 Å². The number of methoxy groups -OCH3 is 2. The van der Waals surface area contributed by atoms with Gasteiger partial charge in [-0.05, 0) is 30.3 Å². The Balaban J connectivity index is 1.75. The average Bonchev–Trinajstić information content (AvgIpc) is 3.12. The highest BCUT2D eigenvalue weighted by Crippen LogP contribution is 2.33. The van der Waals surface area contributed by atoms with Crippen molar-refractivity contribution >= 4 is 34.3 Å². The molecule has 0 aliphatic heterocycles. The molecule has 1 aromatic heterocycles. The van der Waals surface area contributed by atoms with Crippen LogP contribution in [0.2, 0.25) is 5.02 Å². The van der Waals surface area contributed by atoms with Gasteiger partial charge in [0.2, 0.25) is 5.13 Å².